The smallest absolute Gasteiger partial charge is 0.339 e. The van der Waals surface area contributed by atoms with E-state index in [2.05, 4.69) is 0 Å². The van der Waals surface area contributed by atoms with E-state index in [1.54, 1.807) is 30.0 Å². The van der Waals surface area contributed by atoms with Gasteiger partial charge < -0.3 is 14.4 Å². The van der Waals surface area contributed by atoms with E-state index in [4.69, 9.17) is 9.47 Å². The molecule has 0 aliphatic carbocycles. The van der Waals surface area contributed by atoms with Gasteiger partial charge in [0.05, 0.1) is 18.1 Å². The number of esters is 2. The van der Waals surface area contributed by atoms with Crippen molar-refractivity contribution in [3.8, 4) is 0 Å². The van der Waals surface area contributed by atoms with Crippen LogP contribution in [-0.2, 0) is 20.7 Å². The SMILES string of the molecule is CCOC(=O)C1CCCN(C(=O)c2ccc3c(c2)CC(c2ccccc2)OC3=O)C1. The molecule has 1 amide bonds. The number of likely N-dealkylation sites (tertiary alicyclic amines) is 1. The van der Waals surface area contributed by atoms with Gasteiger partial charge in [-0.15, -0.1) is 0 Å². The third-order valence-corrected chi connectivity index (χ3v) is 5.73. The lowest BCUT2D eigenvalue weighted by molar-refractivity contribution is -0.149. The van der Waals surface area contributed by atoms with Crippen LogP contribution in [0.1, 0.15) is 57.7 Å². The van der Waals surface area contributed by atoms with Crippen LogP contribution in [0.2, 0.25) is 0 Å². The molecule has 2 aromatic rings. The predicted molar refractivity (Wildman–Crippen MR) is 110 cm³/mol. The van der Waals surface area contributed by atoms with Crippen LogP contribution in [0.5, 0.6) is 0 Å². The third kappa shape index (κ3) is 4.08. The average molecular weight is 407 g/mol. The van der Waals surface area contributed by atoms with Gasteiger partial charge in [-0.1, -0.05) is 30.3 Å². The zero-order valence-corrected chi connectivity index (χ0v) is 17.0. The van der Waals surface area contributed by atoms with Crippen molar-refractivity contribution in [1.29, 1.82) is 0 Å². The summed E-state index contributed by atoms with van der Waals surface area (Å²) in [4.78, 5) is 39.4. The molecule has 2 heterocycles. The second kappa shape index (κ2) is 8.69. The minimum absolute atomic E-state index is 0.123. The maximum Gasteiger partial charge on any atom is 0.339 e. The van der Waals surface area contributed by atoms with Crippen molar-refractivity contribution in [3.63, 3.8) is 0 Å². The third-order valence-electron chi connectivity index (χ3n) is 5.73. The zero-order valence-electron chi connectivity index (χ0n) is 17.0. The van der Waals surface area contributed by atoms with Gasteiger partial charge in [0.15, 0.2) is 0 Å². The molecule has 1 fully saturated rings. The Hall–Kier alpha value is -3.15. The summed E-state index contributed by atoms with van der Waals surface area (Å²) in [5.41, 5.74) is 2.77. The van der Waals surface area contributed by atoms with Crippen LogP contribution < -0.4 is 0 Å². The molecule has 30 heavy (non-hydrogen) atoms. The van der Waals surface area contributed by atoms with Gasteiger partial charge in [0, 0.05) is 25.1 Å². The Morgan fingerprint density at radius 1 is 1.17 bits per heavy atom. The molecule has 4 rings (SSSR count). The second-order valence-corrected chi connectivity index (χ2v) is 7.72. The molecule has 0 saturated carbocycles. The number of nitrogens with zero attached hydrogens (tertiary/aromatic N) is 1. The number of hydrogen-bond donors (Lipinski definition) is 0. The van der Waals surface area contributed by atoms with Crippen LogP contribution in [0.25, 0.3) is 0 Å². The number of rotatable bonds is 4. The number of carbonyl (C=O) groups excluding carboxylic acids is 3. The number of ether oxygens (including phenoxy) is 2. The summed E-state index contributed by atoms with van der Waals surface area (Å²) in [5, 5.41) is 0. The van der Waals surface area contributed by atoms with Crippen LogP contribution in [-0.4, -0.2) is 42.4 Å². The van der Waals surface area contributed by atoms with Gasteiger partial charge in [-0.2, -0.15) is 0 Å². The van der Waals surface area contributed by atoms with Crippen molar-refractivity contribution in [3.05, 3.63) is 70.8 Å². The number of piperidine rings is 1. The van der Waals surface area contributed by atoms with Crippen molar-refractivity contribution in [2.24, 2.45) is 5.92 Å². The molecule has 2 aliphatic heterocycles. The Morgan fingerprint density at radius 3 is 2.73 bits per heavy atom. The molecule has 0 radical (unpaired) electrons. The molecule has 0 bridgehead atoms. The number of cyclic esters (lactones) is 1. The highest BCUT2D eigenvalue weighted by atomic mass is 16.5. The summed E-state index contributed by atoms with van der Waals surface area (Å²) in [6.45, 7) is 3.10. The Balaban J connectivity index is 1.53. The van der Waals surface area contributed by atoms with Crippen LogP contribution >= 0.6 is 0 Å². The summed E-state index contributed by atoms with van der Waals surface area (Å²) in [6, 6.07) is 14.7. The number of fused-ring (bicyclic) bond motifs is 1. The Bertz CT molecular complexity index is 955. The quantitative estimate of drug-likeness (QED) is 0.725. The molecule has 0 N–H and O–H groups in total. The summed E-state index contributed by atoms with van der Waals surface area (Å²) in [7, 11) is 0. The second-order valence-electron chi connectivity index (χ2n) is 7.72. The van der Waals surface area contributed by atoms with E-state index < -0.39 is 0 Å². The molecule has 2 aliphatic rings. The summed E-state index contributed by atoms with van der Waals surface area (Å²) in [6.07, 6.45) is 1.66. The minimum Gasteiger partial charge on any atom is -0.466 e. The van der Waals surface area contributed by atoms with Crippen LogP contribution in [0.15, 0.2) is 48.5 Å². The highest BCUT2D eigenvalue weighted by Crippen LogP contribution is 2.31. The standard InChI is InChI=1S/C24H25NO5/c1-2-29-23(27)18-9-6-12-25(15-18)22(26)17-10-11-20-19(13-17)14-21(30-24(20)28)16-7-4-3-5-8-16/h3-5,7-8,10-11,13,18,21H,2,6,9,12,14-15H2,1H3. The first-order chi connectivity index (χ1) is 14.6. The fourth-order valence-electron chi connectivity index (χ4n) is 4.18. The van der Waals surface area contributed by atoms with E-state index in [1.165, 1.54) is 0 Å². The van der Waals surface area contributed by atoms with Crippen LogP contribution in [0.4, 0.5) is 0 Å². The maximum absolute atomic E-state index is 13.1. The molecule has 156 valence electrons. The number of amides is 1. The first-order valence-corrected chi connectivity index (χ1v) is 10.4. The normalized spacial score (nSPS) is 20.8. The monoisotopic (exact) mass is 407 g/mol. The lowest BCUT2D eigenvalue weighted by Crippen LogP contribution is -2.42. The number of hydrogen-bond acceptors (Lipinski definition) is 5. The van der Waals surface area contributed by atoms with E-state index in [1.807, 2.05) is 30.3 Å². The van der Waals surface area contributed by atoms with Gasteiger partial charge in [-0.3, -0.25) is 9.59 Å². The molecule has 0 aromatic heterocycles. The van der Waals surface area contributed by atoms with E-state index in [-0.39, 0.29) is 29.9 Å². The molecule has 6 nitrogen and oxygen atoms in total. The largest absolute Gasteiger partial charge is 0.466 e. The topological polar surface area (TPSA) is 72.9 Å². The molecular formula is C24H25NO5. The first-order valence-electron chi connectivity index (χ1n) is 10.4. The summed E-state index contributed by atoms with van der Waals surface area (Å²) < 4.78 is 10.7. The minimum atomic E-state index is -0.371. The van der Waals surface area contributed by atoms with Crippen molar-refractivity contribution in [1.82, 2.24) is 4.90 Å². The van der Waals surface area contributed by atoms with E-state index in [9.17, 15) is 14.4 Å². The highest BCUT2D eigenvalue weighted by molar-refractivity contribution is 5.98. The number of benzene rings is 2. The molecule has 1 saturated heterocycles. The Morgan fingerprint density at radius 2 is 1.97 bits per heavy atom. The predicted octanol–water partition coefficient (Wildman–Crippen LogP) is 3.56. The van der Waals surface area contributed by atoms with Gasteiger partial charge in [0.1, 0.15) is 6.10 Å². The van der Waals surface area contributed by atoms with Gasteiger partial charge in [-0.25, -0.2) is 4.79 Å². The Kier molecular flexibility index (Phi) is 5.84. The molecule has 6 heteroatoms. The average Bonchev–Trinajstić information content (AvgIpc) is 2.79. The Labute approximate surface area is 175 Å². The lowest BCUT2D eigenvalue weighted by atomic mass is 9.92. The summed E-state index contributed by atoms with van der Waals surface area (Å²) >= 11 is 0. The van der Waals surface area contributed by atoms with Crippen LogP contribution in [0.3, 0.4) is 0 Å². The summed E-state index contributed by atoms with van der Waals surface area (Å²) in [5.74, 6) is -1.02. The molecule has 2 atom stereocenters. The van der Waals surface area contributed by atoms with Crippen molar-refractivity contribution in [2.75, 3.05) is 19.7 Å². The molecular weight excluding hydrogens is 382 g/mol. The van der Waals surface area contributed by atoms with Gasteiger partial charge in [-0.05, 0) is 49.1 Å². The first kappa shape index (κ1) is 20.1. The van der Waals surface area contributed by atoms with E-state index in [0.717, 1.165) is 24.0 Å². The van der Waals surface area contributed by atoms with E-state index in [0.29, 0.717) is 37.2 Å². The highest BCUT2D eigenvalue weighted by Gasteiger charge is 2.32. The van der Waals surface area contributed by atoms with Gasteiger partial charge >= 0.3 is 11.9 Å². The fraction of sp³-hybridized carbons (Fsp3) is 0.375. The maximum atomic E-state index is 13.1. The van der Waals surface area contributed by atoms with Crippen LogP contribution in [0, 0.1) is 5.92 Å². The molecule has 2 aromatic carbocycles. The van der Waals surface area contributed by atoms with Crippen molar-refractivity contribution < 1.29 is 23.9 Å². The van der Waals surface area contributed by atoms with Crippen molar-refractivity contribution in [2.45, 2.75) is 32.3 Å². The fourth-order valence-corrected chi connectivity index (χ4v) is 4.18. The molecule has 0 spiro atoms. The van der Waals surface area contributed by atoms with Crippen molar-refractivity contribution >= 4 is 17.8 Å². The molecule has 2 unspecified atom stereocenters. The van der Waals surface area contributed by atoms with Gasteiger partial charge in [0.25, 0.3) is 5.91 Å². The number of carbonyl (C=O) groups is 3. The van der Waals surface area contributed by atoms with E-state index >= 15 is 0 Å². The van der Waals surface area contributed by atoms with Gasteiger partial charge in [0.2, 0.25) is 0 Å². The zero-order chi connectivity index (χ0) is 21.1. The lowest BCUT2D eigenvalue weighted by Gasteiger charge is -2.32.